The Labute approximate surface area is 151 Å². The van der Waals surface area contributed by atoms with Gasteiger partial charge >= 0.3 is 6.03 Å². The summed E-state index contributed by atoms with van der Waals surface area (Å²) in [5, 5.41) is 15.2. The van der Waals surface area contributed by atoms with Gasteiger partial charge in [0.1, 0.15) is 0 Å². The zero-order chi connectivity index (χ0) is 18.1. The Kier molecular flexibility index (Phi) is 8.18. The predicted molar refractivity (Wildman–Crippen MR) is 101 cm³/mol. The number of aliphatic hydroxyl groups excluding tert-OH is 1. The van der Waals surface area contributed by atoms with Gasteiger partial charge in [-0.25, -0.2) is 4.79 Å². The first-order chi connectivity index (χ1) is 12.1. The number of amides is 2. The number of nitrogens with zero attached hydrogens (tertiary/aromatic N) is 2. The summed E-state index contributed by atoms with van der Waals surface area (Å²) in [7, 11) is 2.14. The van der Waals surface area contributed by atoms with E-state index in [1.54, 1.807) is 0 Å². The second-order valence-corrected chi connectivity index (χ2v) is 6.80. The smallest absolute Gasteiger partial charge is 0.315 e. The molecule has 1 aliphatic rings. The summed E-state index contributed by atoms with van der Waals surface area (Å²) in [6, 6.07) is 9.92. The van der Waals surface area contributed by atoms with E-state index < -0.39 is 0 Å². The zero-order valence-electron chi connectivity index (χ0n) is 15.4. The first-order valence-corrected chi connectivity index (χ1v) is 9.26. The average Bonchev–Trinajstić information content (AvgIpc) is 2.63. The highest BCUT2D eigenvalue weighted by Gasteiger charge is 2.21. The van der Waals surface area contributed by atoms with Gasteiger partial charge in [0.05, 0.1) is 6.04 Å². The van der Waals surface area contributed by atoms with Gasteiger partial charge < -0.3 is 20.6 Å². The number of aliphatic hydroxyl groups is 1. The largest absolute Gasteiger partial charge is 0.396 e. The molecule has 2 rings (SSSR count). The van der Waals surface area contributed by atoms with Crippen molar-refractivity contribution >= 4 is 6.03 Å². The fourth-order valence-electron chi connectivity index (χ4n) is 3.13. The Morgan fingerprint density at radius 2 is 1.84 bits per heavy atom. The number of likely N-dealkylation sites (N-methyl/N-ethyl adjacent to an activating group) is 1. The van der Waals surface area contributed by atoms with E-state index in [1.807, 2.05) is 25.1 Å². The van der Waals surface area contributed by atoms with Crippen molar-refractivity contribution in [2.75, 3.05) is 46.4 Å². The third-order valence-electron chi connectivity index (χ3n) is 4.85. The van der Waals surface area contributed by atoms with Crippen molar-refractivity contribution in [3.8, 4) is 0 Å². The Morgan fingerprint density at radius 3 is 2.44 bits per heavy atom. The molecule has 2 amide bonds. The maximum atomic E-state index is 12.4. The molecule has 6 heteroatoms. The second kappa shape index (κ2) is 10.4. The summed E-state index contributed by atoms with van der Waals surface area (Å²) >= 11 is 0. The van der Waals surface area contributed by atoms with Crippen molar-refractivity contribution in [2.45, 2.75) is 31.8 Å². The molecule has 0 aliphatic carbocycles. The van der Waals surface area contributed by atoms with Crippen LogP contribution >= 0.6 is 0 Å². The summed E-state index contributed by atoms with van der Waals surface area (Å²) in [6.07, 6.45) is 1.39. The minimum atomic E-state index is -0.164. The van der Waals surface area contributed by atoms with Crippen molar-refractivity contribution in [3.05, 3.63) is 35.9 Å². The fourth-order valence-corrected chi connectivity index (χ4v) is 3.13. The molecule has 140 valence electrons. The van der Waals surface area contributed by atoms with Crippen molar-refractivity contribution in [1.82, 2.24) is 20.4 Å². The van der Waals surface area contributed by atoms with Crippen molar-refractivity contribution < 1.29 is 9.90 Å². The minimum absolute atomic E-state index is 0.00468. The number of urea groups is 1. The third kappa shape index (κ3) is 6.65. The molecule has 1 aliphatic heterocycles. The molecular weight excluding hydrogens is 316 g/mol. The Balaban J connectivity index is 1.98. The van der Waals surface area contributed by atoms with E-state index in [4.69, 9.17) is 5.11 Å². The van der Waals surface area contributed by atoms with Gasteiger partial charge in [-0.05, 0) is 25.5 Å². The van der Waals surface area contributed by atoms with Crippen molar-refractivity contribution in [1.29, 1.82) is 0 Å². The van der Waals surface area contributed by atoms with Crippen LogP contribution in [-0.4, -0.2) is 73.4 Å². The molecule has 0 spiro atoms. The monoisotopic (exact) mass is 348 g/mol. The SMILES string of the molecule is CCC(CCO)NC(=O)NC(CN1CCN(C)CC1)c1ccccc1. The molecule has 1 fully saturated rings. The molecule has 0 radical (unpaired) electrons. The topological polar surface area (TPSA) is 67.8 Å². The van der Waals surface area contributed by atoms with Crippen LogP contribution < -0.4 is 10.6 Å². The molecule has 2 unspecified atom stereocenters. The van der Waals surface area contributed by atoms with Crippen LogP contribution in [0.1, 0.15) is 31.4 Å². The molecule has 1 saturated heterocycles. The first-order valence-electron chi connectivity index (χ1n) is 9.26. The van der Waals surface area contributed by atoms with Gasteiger partial charge in [0, 0.05) is 45.4 Å². The molecule has 6 nitrogen and oxygen atoms in total. The number of carbonyl (C=O) groups is 1. The zero-order valence-corrected chi connectivity index (χ0v) is 15.4. The number of piperazine rings is 1. The van der Waals surface area contributed by atoms with Crippen LogP contribution in [0.25, 0.3) is 0 Å². The molecule has 0 bridgehead atoms. The minimum Gasteiger partial charge on any atom is -0.396 e. The molecule has 0 saturated carbocycles. The van der Waals surface area contributed by atoms with Crippen LogP contribution in [-0.2, 0) is 0 Å². The van der Waals surface area contributed by atoms with Gasteiger partial charge in [0.25, 0.3) is 0 Å². The average molecular weight is 348 g/mol. The molecule has 25 heavy (non-hydrogen) atoms. The van der Waals surface area contributed by atoms with E-state index in [0.717, 1.165) is 44.7 Å². The summed E-state index contributed by atoms with van der Waals surface area (Å²) in [5.41, 5.74) is 1.12. The quantitative estimate of drug-likeness (QED) is 0.665. The second-order valence-electron chi connectivity index (χ2n) is 6.80. The number of hydrogen-bond donors (Lipinski definition) is 3. The van der Waals surface area contributed by atoms with Crippen LogP contribution in [0.3, 0.4) is 0 Å². The third-order valence-corrected chi connectivity index (χ3v) is 4.85. The fraction of sp³-hybridized carbons (Fsp3) is 0.632. The first kappa shape index (κ1) is 19.7. The normalized spacial score (nSPS) is 18.5. The van der Waals surface area contributed by atoms with E-state index in [9.17, 15) is 4.79 Å². The number of rotatable bonds is 8. The van der Waals surface area contributed by atoms with Gasteiger partial charge in [-0.3, -0.25) is 4.90 Å². The van der Waals surface area contributed by atoms with E-state index in [0.29, 0.717) is 6.42 Å². The maximum Gasteiger partial charge on any atom is 0.315 e. The predicted octanol–water partition coefficient (Wildman–Crippen LogP) is 1.44. The molecule has 0 aromatic heterocycles. The molecule has 1 heterocycles. The maximum absolute atomic E-state index is 12.4. The van der Waals surface area contributed by atoms with Crippen LogP contribution in [0.15, 0.2) is 30.3 Å². The van der Waals surface area contributed by atoms with Gasteiger partial charge in [0.2, 0.25) is 0 Å². The lowest BCUT2D eigenvalue weighted by molar-refractivity contribution is 0.142. The number of carbonyl (C=O) groups excluding carboxylic acids is 1. The van der Waals surface area contributed by atoms with Crippen LogP contribution in [0.4, 0.5) is 4.79 Å². The Hall–Kier alpha value is -1.63. The number of benzene rings is 1. The number of hydrogen-bond acceptors (Lipinski definition) is 4. The summed E-state index contributed by atoms with van der Waals surface area (Å²) in [5.74, 6) is 0. The van der Waals surface area contributed by atoms with Gasteiger partial charge in [0.15, 0.2) is 0 Å². The highest BCUT2D eigenvalue weighted by atomic mass is 16.3. The van der Waals surface area contributed by atoms with Crippen LogP contribution in [0.5, 0.6) is 0 Å². The standard InChI is InChI=1S/C19H32N4O2/c1-3-17(9-14-24)20-19(25)21-18(16-7-5-4-6-8-16)15-23-12-10-22(2)11-13-23/h4-8,17-18,24H,3,9-15H2,1-2H3,(H2,20,21,25). The van der Waals surface area contributed by atoms with E-state index in [1.165, 1.54) is 0 Å². The van der Waals surface area contributed by atoms with Gasteiger partial charge in [-0.1, -0.05) is 37.3 Å². The lowest BCUT2D eigenvalue weighted by atomic mass is 10.1. The number of nitrogens with one attached hydrogen (secondary N) is 2. The molecule has 2 atom stereocenters. The lowest BCUT2D eigenvalue weighted by Gasteiger charge is -2.35. The van der Waals surface area contributed by atoms with Crippen molar-refractivity contribution in [2.24, 2.45) is 0 Å². The summed E-state index contributed by atoms with van der Waals surface area (Å²) in [4.78, 5) is 17.2. The Morgan fingerprint density at radius 1 is 1.16 bits per heavy atom. The van der Waals surface area contributed by atoms with Crippen molar-refractivity contribution in [3.63, 3.8) is 0 Å². The highest BCUT2D eigenvalue weighted by molar-refractivity contribution is 5.74. The summed E-state index contributed by atoms with van der Waals surface area (Å²) < 4.78 is 0. The van der Waals surface area contributed by atoms with Crippen LogP contribution in [0, 0.1) is 0 Å². The van der Waals surface area contributed by atoms with Crippen LogP contribution in [0.2, 0.25) is 0 Å². The highest BCUT2D eigenvalue weighted by Crippen LogP contribution is 2.15. The molecular formula is C19H32N4O2. The van der Waals surface area contributed by atoms with E-state index in [-0.39, 0.29) is 24.7 Å². The summed E-state index contributed by atoms with van der Waals surface area (Å²) in [6.45, 7) is 7.06. The van der Waals surface area contributed by atoms with Gasteiger partial charge in [-0.2, -0.15) is 0 Å². The lowest BCUT2D eigenvalue weighted by Crippen LogP contribution is -2.50. The van der Waals surface area contributed by atoms with E-state index >= 15 is 0 Å². The van der Waals surface area contributed by atoms with Gasteiger partial charge in [-0.15, -0.1) is 0 Å². The molecule has 1 aromatic rings. The molecule has 1 aromatic carbocycles. The Bertz CT molecular complexity index is 503. The van der Waals surface area contributed by atoms with E-state index in [2.05, 4.69) is 39.6 Å². The molecule has 3 N–H and O–H groups in total.